The summed E-state index contributed by atoms with van der Waals surface area (Å²) in [6.07, 6.45) is 1.16. The fourth-order valence-electron chi connectivity index (χ4n) is 2.50. The SMILES string of the molecule is CCNC(=NCC1Cc2ccccc2O1)NCCC(=O)OC(C)C.I. The summed E-state index contributed by atoms with van der Waals surface area (Å²) in [6.45, 7) is 7.51. The molecule has 1 unspecified atom stereocenters. The number of para-hydroxylation sites is 1. The highest BCUT2D eigenvalue weighted by molar-refractivity contribution is 14.0. The van der Waals surface area contributed by atoms with Crippen LogP contribution in [0.15, 0.2) is 29.3 Å². The van der Waals surface area contributed by atoms with E-state index in [1.54, 1.807) is 0 Å². The monoisotopic (exact) mass is 461 g/mol. The first-order chi connectivity index (χ1) is 11.6. The molecule has 0 saturated carbocycles. The molecule has 140 valence electrons. The lowest BCUT2D eigenvalue weighted by atomic mass is 10.1. The molecule has 1 aliphatic rings. The summed E-state index contributed by atoms with van der Waals surface area (Å²) in [6, 6.07) is 8.08. The van der Waals surface area contributed by atoms with E-state index in [0.29, 0.717) is 25.5 Å². The van der Waals surface area contributed by atoms with Gasteiger partial charge in [-0.2, -0.15) is 0 Å². The molecule has 0 bridgehead atoms. The zero-order valence-electron chi connectivity index (χ0n) is 15.1. The van der Waals surface area contributed by atoms with E-state index in [1.807, 2.05) is 39.0 Å². The Balaban J connectivity index is 0.00000312. The lowest BCUT2D eigenvalue weighted by molar-refractivity contribution is -0.147. The molecule has 2 rings (SSSR count). The Morgan fingerprint density at radius 1 is 1.36 bits per heavy atom. The van der Waals surface area contributed by atoms with Crippen LogP contribution in [0.3, 0.4) is 0 Å². The second-order valence-corrected chi connectivity index (χ2v) is 5.99. The molecule has 1 aromatic carbocycles. The molecule has 6 nitrogen and oxygen atoms in total. The third-order valence-corrected chi connectivity index (χ3v) is 3.50. The van der Waals surface area contributed by atoms with Crippen LogP contribution in [0, 0.1) is 0 Å². The molecule has 0 aromatic heterocycles. The van der Waals surface area contributed by atoms with Crippen molar-refractivity contribution in [1.29, 1.82) is 0 Å². The number of ether oxygens (including phenoxy) is 2. The Morgan fingerprint density at radius 3 is 2.80 bits per heavy atom. The Bertz CT molecular complexity index is 553. The van der Waals surface area contributed by atoms with Crippen molar-refractivity contribution in [1.82, 2.24) is 10.6 Å². The van der Waals surface area contributed by atoms with Gasteiger partial charge in [0.2, 0.25) is 0 Å². The highest BCUT2D eigenvalue weighted by Crippen LogP contribution is 2.28. The van der Waals surface area contributed by atoms with Gasteiger partial charge in [-0.05, 0) is 32.4 Å². The van der Waals surface area contributed by atoms with Gasteiger partial charge in [-0.25, -0.2) is 4.99 Å². The smallest absolute Gasteiger partial charge is 0.307 e. The maximum Gasteiger partial charge on any atom is 0.307 e. The maximum absolute atomic E-state index is 11.5. The van der Waals surface area contributed by atoms with Crippen molar-refractivity contribution in [2.24, 2.45) is 4.99 Å². The van der Waals surface area contributed by atoms with E-state index in [4.69, 9.17) is 9.47 Å². The number of esters is 1. The van der Waals surface area contributed by atoms with E-state index in [-0.39, 0.29) is 42.2 Å². The minimum absolute atomic E-state index is 0. The number of hydrogen-bond acceptors (Lipinski definition) is 4. The average Bonchev–Trinajstić information content (AvgIpc) is 2.94. The second-order valence-electron chi connectivity index (χ2n) is 5.99. The number of nitrogens with one attached hydrogen (secondary N) is 2. The first-order valence-electron chi connectivity index (χ1n) is 8.54. The topological polar surface area (TPSA) is 72.0 Å². The Kier molecular flexibility index (Phi) is 9.62. The predicted molar refractivity (Wildman–Crippen MR) is 110 cm³/mol. The second kappa shape index (κ2) is 11.2. The predicted octanol–water partition coefficient (Wildman–Crippen LogP) is 2.50. The zero-order valence-corrected chi connectivity index (χ0v) is 17.4. The van der Waals surface area contributed by atoms with Crippen LogP contribution >= 0.6 is 24.0 Å². The van der Waals surface area contributed by atoms with E-state index in [2.05, 4.69) is 21.7 Å². The highest BCUT2D eigenvalue weighted by atomic mass is 127. The van der Waals surface area contributed by atoms with Gasteiger partial charge in [-0.1, -0.05) is 18.2 Å². The number of hydrogen-bond donors (Lipinski definition) is 2. The summed E-state index contributed by atoms with van der Waals surface area (Å²) in [7, 11) is 0. The summed E-state index contributed by atoms with van der Waals surface area (Å²) in [4.78, 5) is 16.1. The summed E-state index contributed by atoms with van der Waals surface area (Å²) in [5.41, 5.74) is 1.23. The molecular formula is C18H28IN3O3. The van der Waals surface area contributed by atoms with Crippen LogP contribution in [0.4, 0.5) is 0 Å². The number of carbonyl (C=O) groups is 1. The Labute approximate surface area is 166 Å². The van der Waals surface area contributed by atoms with Crippen molar-refractivity contribution in [3.05, 3.63) is 29.8 Å². The quantitative estimate of drug-likeness (QED) is 0.283. The van der Waals surface area contributed by atoms with Crippen LogP contribution in [0.25, 0.3) is 0 Å². The van der Waals surface area contributed by atoms with Crippen LogP contribution in [-0.2, 0) is 16.0 Å². The summed E-state index contributed by atoms with van der Waals surface area (Å²) >= 11 is 0. The molecule has 7 heteroatoms. The van der Waals surface area contributed by atoms with Gasteiger partial charge in [-0.3, -0.25) is 4.79 Å². The van der Waals surface area contributed by atoms with E-state index in [9.17, 15) is 4.79 Å². The standard InChI is InChI=1S/C18H27N3O3.HI/c1-4-19-18(20-10-9-17(22)23-13(2)3)21-12-15-11-14-7-5-6-8-16(14)24-15;/h5-8,13,15H,4,9-12H2,1-3H3,(H2,19,20,21);1H. The van der Waals surface area contributed by atoms with Crippen molar-refractivity contribution in [2.45, 2.75) is 45.8 Å². The molecule has 2 N–H and O–H groups in total. The largest absolute Gasteiger partial charge is 0.488 e. The first kappa shape index (κ1) is 21.5. The zero-order chi connectivity index (χ0) is 17.4. The normalized spacial score (nSPS) is 15.8. The minimum atomic E-state index is -0.206. The van der Waals surface area contributed by atoms with E-state index in [1.165, 1.54) is 5.56 Å². The van der Waals surface area contributed by atoms with Crippen molar-refractivity contribution in [3.63, 3.8) is 0 Å². The van der Waals surface area contributed by atoms with Gasteiger partial charge in [0.25, 0.3) is 0 Å². The molecular weight excluding hydrogens is 433 g/mol. The third-order valence-electron chi connectivity index (χ3n) is 3.50. The van der Waals surface area contributed by atoms with Crippen LogP contribution in [0.5, 0.6) is 5.75 Å². The van der Waals surface area contributed by atoms with Gasteiger partial charge < -0.3 is 20.1 Å². The molecule has 0 aliphatic carbocycles. The van der Waals surface area contributed by atoms with Gasteiger partial charge in [0.05, 0.1) is 19.1 Å². The molecule has 0 radical (unpaired) electrons. The molecule has 25 heavy (non-hydrogen) atoms. The number of rotatable bonds is 7. The van der Waals surface area contributed by atoms with Crippen molar-refractivity contribution in [3.8, 4) is 5.75 Å². The number of aliphatic imine (C=N–C) groups is 1. The fourth-order valence-corrected chi connectivity index (χ4v) is 2.50. The Morgan fingerprint density at radius 2 is 2.12 bits per heavy atom. The van der Waals surface area contributed by atoms with Crippen LogP contribution in [0.2, 0.25) is 0 Å². The lowest BCUT2D eigenvalue weighted by Crippen LogP contribution is -2.39. The van der Waals surface area contributed by atoms with Crippen molar-refractivity contribution < 1.29 is 14.3 Å². The number of carbonyl (C=O) groups excluding carboxylic acids is 1. The van der Waals surface area contributed by atoms with Gasteiger partial charge in [0, 0.05) is 19.5 Å². The molecule has 1 aliphatic heterocycles. The molecule has 0 amide bonds. The molecule has 0 spiro atoms. The van der Waals surface area contributed by atoms with Crippen LogP contribution < -0.4 is 15.4 Å². The van der Waals surface area contributed by atoms with Gasteiger partial charge >= 0.3 is 5.97 Å². The van der Waals surface area contributed by atoms with Gasteiger partial charge in [-0.15, -0.1) is 24.0 Å². The maximum atomic E-state index is 11.5. The lowest BCUT2D eigenvalue weighted by Gasteiger charge is -2.13. The number of nitrogens with zero attached hydrogens (tertiary/aromatic N) is 1. The summed E-state index contributed by atoms with van der Waals surface area (Å²) in [5, 5.41) is 6.33. The number of fused-ring (bicyclic) bond motifs is 1. The third kappa shape index (κ3) is 7.50. The van der Waals surface area contributed by atoms with Crippen molar-refractivity contribution >= 4 is 35.9 Å². The van der Waals surface area contributed by atoms with Gasteiger partial charge in [0.15, 0.2) is 5.96 Å². The number of guanidine groups is 1. The summed E-state index contributed by atoms with van der Waals surface area (Å²) < 4.78 is 11.0. The van der Waals surface area contributed by atoms with E-state index in [0.717, 1.165) is 18.7 Å². The fraction of sp³-hybridized carbons (Fsp3) is 0.556. The number of halogens is 1. The highest BCUT2D eigenvalue weighted by Gasteiger charge is 2.21. The summed E-state index contributed by atoms with van der Waals surface area (Å²) in [5.74, 6) is 1.43. The van der Waals surface area contributed by atoms with E-state index >= 15 is 0 Å². The molecule has 1 atom stereocenters. The van der Waals surface area contributed by atoms with Crippen LogP contribution in [0.1, 0.15) is 32.8 Å². The van der Waals surface area contributed by atoms with Gasteiger partial charge in [0.1, 0.15) is 11.9 Å². The van der Waals surface area contributed by atoms with E-state index < -0.39 is 0 Å². The molecule has 1 aromatic rings. The average molecular weight is 461 g/mol. The Hall–Kier alpha value is -1.51. The molecule has 0 saturated heterocycles. The minimum Gasteiger partial charge on any atom is -0.488 e. The number of benzene rings is 1. The van der Waals surface area contributed by atoms with Crippen LogP contribution in [-0.4, -0.2) is 43.8 Å². The molecule has 0 fully saturated rings. The van der Waals surface area contributed by atoms with Crippen molar-refractivity contribution in [2.75, 3.05) is 19.6 Å². The first-order valence-corrected chi connectivity index (χ1v) is 8.54. The molecule has 1 heterocycles.